The van der Waals surface area contributed by atoms with Gasteiger partial charge in [0.25, 0.3) is 0 Å². The molecule has 0 radical (unpaired) electrons. The Hall–Kier alpha value is -0.910. The van der Waals surface area contributed by atoms with Crippen LogP contribution in [0.4, 0.5) is 0 Å². The highest BCUT2D eigenvalue weighted by molar-refractivity contribution is 7.77. The van der Waals surface area contributed by atoms with Gasteiger partial charge in [0.1, 0.15) is 5.75 Å². The first-order chi connectivity index (χ1) is 13.6. The first-order valence-corrected chi connectivity index (χ1v) is 12.3. The molecule has 0 heterocycles. The predicted molar refractivity (Wildman–Crippen MR) is 120 cm³/mol. The van der Waals surface area contributed by atoms with E-state index in [1.54, 1.807) is 0 Å². The zero-order chi connectivity index (χ0) is 20.5. The molecular weight excluding hydrogens is 370 g/mol. The van der Waals surface area contributed by atoms with Gasteiger partial charge in [-0.15, -0.1) is 0 Å². The van der Waals surface area contributed by atoms with Crippen LogP contribution >= 0.6 is 0 Å². The summed E-state index contributed by atoms with van der Waals surface area (Å²) in [5.74, 6) is 0.423. The van der Waals surface area contributed by atoms with Gasteiger partial charge in [-0.25, -0.2) is 8.93 Å². The van der Waals surface area contributed by atoms with Crippen LogP contribution < -0.4 is 4.72 Å². The Labute approximate surface area is 174 Å². The number of aromatic hydroxyl groups is 1. The third-order valence-corrected chi connectivity index (χ3v) is 5.84. The van der Waals surface area contributed by atoms with E-state index < -0.39 is 11.3 Å². The molecule has 0 bridgehead atoms. The molecule has 0 aromatic heterocycles. The highest BCUT2D eigenvalue weighted by Gasteiger charge is 1.99. The van der Waals surface area contributed by atoms with Gasteiger partial charge < -0.3 is 5.11 Å². The summed E-state index contributed by atoms with van der Waals surface area (Å²) in [5.41, 5.74) is 2.21. The minimum atomic E-state index is -1.85. The van der Waals surface area contributed by atoms with Crippen LogP contribution in [0.5, 0.6) is 5.75 Å². The Bertz CT molecular complexity index is 537. The number of benzene rings is 1. The largest absolute Gasteiger partial charge is 0.508 e. The van der Waals surface area contributed by atoms with Crippen molar-refractivity contribution in [2.45, 2.75) is 103 Å². The van der Waals surface area contributed by atoms with Gasteiger partial charge >= 0.3 is 0 Å². The van der Waals surface area contributed by atoms with Gasteiger partial charge in [-0.1, -0.05) is 89.2 Å². The average Bonchev–Trinajstić information content (AvgIpc) is 2.66. The van der Waals surface area contributed by atoms with E-state index in [1.807, 2.05) is 19.1 Å². The number of unbranched alkanes of at least 4 members (excludes halogenated alkanes) is 13. The first kappa shape index (κ1) is 25.1. The predicted octanol–water partition coefficient (Wildman–Crippen LogP) is 6.43. The van der Waals surface area contributed by atoms with E-state index in [4.69, 9.17) is 4.55 Å². The molecule has 5 heteroatoms. The number of rotatable bonds is 18. The molecular formula is C23H41NO3S. The zero-order valence-electron chi connectivity index (χ0n) is 17.8. The quantitative estimate of drug-likeness (QED) is 0.192. The van der Waals surface area contributed by atoms with Crippen molar-refractivity contribution in [2.75, 3.05) is 6.54 Å². The van der Waals surface area contributed by atoms with Gasteiger partial charge in [-0.2, -0.15) is 0 Å². The van der Waals surface area contributed by atoms with Gasteiger partial charge in [-0.05, 0) is 43.4 Å². The third-order valence-electron chi connectivity index (χ3n) is 5.39. The first-order valence-electron chi connectivity index (χ1n) is 11.2. The Morgan fingerprint density at radius 3 is 1.71 bits per heavy atom. The molecule has 0 saturated carbocycles. The number of hydrogen-bond donors (Lipinski definition) is 3. The molecule has 1 rings (SSSR count). The van der Waals surface area contributed by atoms with Crippen molar-refractivity contribution in [3.63, 3.8) is 0 Å². The monoisotopic (exact) mass is 411 g/mol. The van der Waals surface area contributed by atoms with Gasteiger partial charge in [-0.3, -0.25) is 4.55 Å². The molecule has 4 nitrogen and oxygen atoms in total. The van der Waals surface area contributed by atoms with Crippen molar-refractivity contribution in [1.29, 1.82) is 0 Å². The maximum absolute atomic E-state index is 10.4. The van der Waals surface area contributed by atoms with Crippen molar-refractivity contribution in [2.24, 2.45) is 0 Å². The van der Waals surface area contributed by atoms with E-state index in [-0.39, 0.29) is 0 Å². The van der Waals surface area contributed by atoms with Crippen molar-refractivity contribution in [3.05, 3.63) is 29.3 Å². The highest BCUT2D eigenvalue weighted by Crippen LogP contribution is 2.19. The van der Waals surface area contributed by atoms with Crippen LogP contribution in [0.25, 0.3) is 0 Å². The molecule has 1 aromatic rings. The summed E-state index contributed by atoms with van der Waals surface area (Å²) in [6.07, 6.45) is 19.1. The molecule has 0 amide bonds. The summed E-state index contributed by atoms with van der Waals surface area (Å²) in [5, 5.41) is 9.73. The molecule has 1 atom stereocenters. The normalized spacial score (nSPS) is 12.4. The van der Waals surface area contributed by atoms with Crippen LogP contribution in [0.15, 0.2) is 18.2 Å². The fraction of sp³-hybridized carbons (Fsp3) is 0.739. The van der Waals surface area contributed by atoms with Crippen molar-refractivity contribution >= 4 is 11.3 Å². The van der Waals surface area contributed by atoms with E-state index in [9.17, 15) is 9.32 Å². The maximum atomic E-state index is 10.4. The molecule has 0 fully saturated rings. The molecule has 1 unspecified atom stereocenters. The van der Waals surface area contributed by atoms with Crippen molar-refractivity contribution in [1.82, 2.24) is 4.72 Å². The summed E-state index contributed by atoms with van der Waals surface area (Å²) < 4.78 is 21.5. The summed E-state index contributed by atoms with van der Waals surface area (Å²) in [6.45, 7) is 2.57. The van der Waals surface area contributed by atoms with E-state index in [1.165, 1.54) is 82.6 Å². The number of aryl methyl sites for hydroxylation is 2. The summed E-state index contributed by atoms with van der Waals surface area (Å²) in [7, 11) is 0. The van der Waals surface area contributed by atoms with Crippen LogP contribution in [-0.4, -0.2) is 20.4 Å². The summed E-state index contributed by atoms with van der Waals surface area (Å²) in [6, 6.07) is 6.05. The molecule has 3 N–H and O–H groups in total. The molecule has 0 aliphatic heterocycles. The van der Waals surface area contributed by atoms with E-state index >= 15 is 0 Å². The fourth-order valence-electron chi connectivity index (χ4n) is 3.55. The standard InChI is InChI=1S/C23H41NO3S/c1-21-17-18-22(20-23(21)25)16-14-12-10-8-6-4-2-3-5-7-9-11-13-15-19-24-28(26)27/h17-18,20,24-25H,2-16,19H2,1H3,(H,26,27). The van der Waals surface area contributed by atoms with Crippen molar-refractivity contribution < 1.29 is 13.9 Å². The molecule has 0 aliphatic carbocycles. The Kier molecular flexibility index (Phi) is 15.2. The number of phenols is 1. The van der Waals surface area contributed by atoms with Gasteiger partial charge in [0.15, 0.2) is 0 Å². The smallest absolute Gasteiger partial charge is 0.231 e. The van der Waals surface area contributed by atoms with E-state index in [0.717, 1.165) is 24.8 Å². The molecule has 162 valence electrons. The Morgan fingerprint density at radius 1 is 0.786 bits per heavy atom. The Balaban J connectivity index is 1.77. The summed E-state index contributed by atoms with van der Waals surface area (Å²) in [4.78, 5) is 0. The third kappa shape index (κ3) is 14.1. The molecule has 28 heavy (non-hydrogen) atoms. The zero-order valence-corrected chi connectivity index (χ0v) is 18.6. The molecule has 0 aliphatic rings. The van der Waals surface area contributed by atoms with Gasteiger partial charge in [0.05, 0.1) is 0 Å². The lowest BCUT2D eigenvalue weighted by Crippen LogP contribution is -2.17. The molecule has 0 saturated heterocycles. The van der Waals surface area contributed by atoms with Crippen LogP contribution in [0.3, 0.4) is 0 Å². The second-order valence-corrected chi connectivity index (χ2v) is 8.75. The van der Waals surface area contributed by atoms with Gasteiger partial charge in [0, 0.05) is 6.54 Å². The number of phenolic OH excluding ortho intramolecular Hbond substituents is 1. The van der Waals surface area contributed by atoms with Crippen LogP contribution in [0, 0.1) is 6.92 Å². The lowest BCUT2D eigenvalue weighted by Gasteiger charge is -2.05. The highest BCUT2D eigenvalue weighted by atomic mass is 32.2. The minimum Gasteiger partial charge on any atom is -0.508 e. The topological polar surface area (TPSA) is 69.6 Å². The van der Waals surface area contributed by atoms with Crippen molar-refractivity contribution in [3.8, 4) is 5.75 Å². The second kappa shape index (κ2) is 17.0. The van der Waals surface area contributed by atoms with Gasteiger partial charge in [0.2, 0.25) is 11.3 Å². The van der Waals surface area contributed by atoms with Crippen LogP contribution in [-0.2, 0) is 17.7 Å². The van der Waals surface area contributed by atoms with E-state index in [0.29, 0.717) is 12.3 Å². The lowest BCUT2D eigenvalue weighted by atomic mass is 10.0. The average molecular weight is 412 g/mol. The number of nitrogens with one attached hydrogen (secondary N) is 1. The maximum Gasteiger partial charge on any atom is 0.231 e. The lowest BCUT2D eigenvalue weighted by molar-refractivity contribution is 0.470. The van der Waals surface area contributed by atoms with E-state index in [2.05, 4.69) is 10.8 Å². The second-order valence-electron chi connectivity index (χ2n) is 7.96. The fourth-order valence-corrected chi connectivity index (χ4v) is 3.86. The minimum absolute atomic E-state index is 0.423. The SMILES string of the molecule is Cc1ccc(CCCCCCCCCCCCCCCCNS(=O)O)cc1O. The molecule has 1 aromatic carbocycles. The Morgan fingerprint density at radius 2 is 1.25 bits per heavy atom. The van der Waals surface area contributed by atoms with Crippen LogP contribution in [0.1, 0.15) is 101 Å². The van der Waals surface area contributed by atoms with Crippen LogP contribution in [0.2, 0.25) is 0 Å². The summed E-state index contributed by atoms with van der Waals surface area (Å²) >= 11 is -1.85. The number of hydrogen-bond acceptors (Lipinski definition) is 2. The molecule has 0 spiro atoms.